The standard InChI is InChI=1S/C24H23N5OS/c1-2-18-8-10-21(11-9-18)26-22(30)17-31-24-28-27-23(20-12-14-25-15-13-20)29(24)16-19-6-4-3-5-7-19/h3-15H,2,16-17H2,1H3,(H,26,30). The van der Waals surface area contributed by atoms with Gasteiger partial charge in [-0.3, -0.25) is 14.3 Å². The minimum absolute atomic E-state index is 0.0750. The molecule has 0 saturated heterocycles. The quantitative estimate of drug-likeness (QED) is 0.412. The Balaban J connectivity index is 1.50. The molecule has 1 amide bonds. The van der Waals surface area contributed by atoms with E-state index in [4.69, 9.17) is 0 Å². The molecule has 0 aliphatic rings. The molecule has 4 rings (SSSR count). The molecule has 0 bridgehead atoms. The average Bonchev–Trinajstić information content (AvgIpc) is 3.22. The van der Waals surface area contributed by atoms with Crippen LogP contribution < -0.4 is 5.32 Å². The number of anilines is 1. The van der Waals surface area contributed by atoms with E-state index in [1.54, 1.807) is 12.4 Å². The predicted molar refractivity (Wildman–Crippen MR) is 124 cm³/mol. The van der Waals surface area contributed by atoms with Crippen LogP contribution in [-0.2, 0) is 17.8 Å². The first kappa shape index (κ1) is 20.8. The van der Waals surface area contributed by atoms with Crippen molar-refractivity contribution in [2.45, 2.75) is 25.0 Å². The zero-order chi connectivity index (χ0) is 21.5. The van der Waals surface area contributed by atoms with Gasteiger partial charge in [0.15, 0.2) is 11.0 Å². The first-order valence-corrected chi connectivity index (χ1v) is 11.1. The molecule has 7 heteroatoms. The van der Waals surface area contributed by atoms with E-state index in [-0.39, 0.29) is 11.7 Å². The number of aryl methyl sites for hydroxylation is 1. The number of benzene rings is 2. The van der Waals surface area contributed by atoms with Gasteiger partial charge in [-0.2, -0.15) is 0 Å². The summed E-state index contributed by atoms with van der Waals surface area (Å²) in [4.78, 5) is 16.6. The fraction of sp³-hybridized carbons (Fsp3) is 0.167. The largest absolute Gasteiger partial charge is 0.325 e. The number of rotatable bonds is 8. The number of pyridine rings is 1. The van der Waals surface area contributed by atoms with Crippen molar-refractivity contribution >= 4 is 23.4 Å². The van der Waals surface area contributed by atoms with Crippen molar-refractivity contribution in [3.63, 3.8) is 0 Å². The summed E-state index contributed by atoms with van der Waals surface area (Å²) in [5.74, 6) is 0.928. The number of carbonyl (C=O) groups excluding carboxylic acids is 1. The van der Waals surface area contributed by atoms with E-state index in [9.17, 15) is 4.79 Å². The third-order valence-corrected chi connectivity index (χ3v) is 5.78. The highest BCUT2D eigenvalue weighted by Gasteiger charge is 2.16. The minimum atomic E-state index is -0.0750. The Morgan fingerprint density at radius 2 is 1.68 bits per heavy atom. The fourth-order valence-corrected chi connectivity index (χ4v) is 3.91. The number of nitrogens with one attached hydrogen (secondary N) is 1. The smallest absolute Gasteiger partial charge is 0.234 e. The van der Waals surface area contributed by atoms with Gasteiger partial charge in [0.05, 0.1) is 12.3 Å². The summed E-state index contributed by atoms with van der Waals surface area (Å²) in [6.07, 6.45) is 4.45. The van der Waals surface area contributed by atoms with Gasteiger partial charge in [-0.25, -0.2) is 0 Å². The van der Waals surface area contributed by atoms with Crippen LogP contribution in [0.15, 0.2) is 84.3 Å². The minimum Gasteiger partial charge on any atom is -0.325 e. The molecule has 2 aromatic heterocycles. The molecule has 4 aromatic rings. The number of carbonyl (C=O) groups is 1. The van der Waals surface area contributed by atoms with Crippen molar-refractivity contribution in [1.82, 2.24) is 19.7 Å². The van der Waals surface area contributed by atoms with Crippen LogP contribution in [0.2, 0.25) is 0 Å². The Kier molecular flexibility index (Phi) is 6.74. The summed E-state index contributed by atoms with van der Waals surface area (Å²) in [7, 11) is 0. The molecular weight excluding hydrogens is 406 g/mol. The van der Waals surface area contributed by atoms with Gasteiger partial charge in [-0.1, -0.05) is 61.2 Å². The van der Waals surface area contributed by atoms with Crippen LogP contribution in [-0.4, -0.2) is 31.4 Å². The van der Waals surface area contributed by atoms with Gasteiger partial charge in [-0.05, 0) is 41.8 Å². The van der Waals surface area contributed by atoms with E-state index in [2.05, 4.69) is 39.6 Å². The molecule has 0 atom stereocenters. The second kappa shape index (κ2) is 10.0. The number of nitrogens with zero attached hydrogens (tertiary/aromatic N) is 4. The lowest BCUT2D eigenvalue weighted by Crippen LogP contribution is -2.14. The lowest BCUT2D eigenvalue weighted by Gasteiger charge is -2.11. The average molecular weight is 430 g/mol. The fourth-order valence-electron chi connectivity index (χ4n) is 3.17. The Morgan fingerprint density at radius 1 is 0.935 bits per heavy atom. The van der Waals surface area contributed by atoms with Crippen LogP contribution in [0, 0.1) is 0 Å². The number of amides is 1. The highest BCUT2D eigenvalue weighted by atomic mass is 32.2. The van der Waals surface area contributed by atoms with Crippen LogP contribution in [0.5, 0.6) is 0 Å². The van der Waals surface area contributed by atoms with Crippen molar-refractivity contribution in [3.05, 3.63) is 90.3 Å². The summed E-state index contributed by atoms with van der Waals surface area (Å²) in [6.45, 7) is 2.73. The van der Waals surface area contributed by atoms with Crippen molar-refractivity contribution in [2.75, 3.05) is 11.1 Å². The molecule has 2 heterocycles. The van der Waals surface area contributed by atoms with E-state index in [0.29, 0.717) is 11.7 Å². The molecule has 31 heavy (non-hydrogen) atoms. The molecule has 0 radical (unpaired) electrons. The van der Waals surface area contributed by atoms with E-state index in [0.717, 1.165) is 29.1 Å². The first-order valence-electron chi connectivity index (χ1n) is 10.1. The van der Waals surface area contributed by atoms with Crippen molar-refractivity contribution in [2.24, 2.45) is 0 Å². The normalized spacial score (nSPS) is 10.7. The van der Waals surface area contributed by atoms with Crippen LogP contribution >= 0.6 is 11.8 Å². The first-order chi connectivity index (χ1) is 15.2. The van der Waals surface area contributed by atoms with Gasteiger partial charge in [0, 0.05) is 23.6 Å². The van der Waals surface area contributed by atoms with Crippen LogP contribution in [0.4, 0.5) is 5.69 Å². The maximum atomic E-state index is 12.5. The zero-order valence-corrected chi connectivity index (χ0v) is 18.0. The van der Waals surface area contributed by atoms with Gasteiger partial charge < -0.3 is 5.32 Å². The van der Waals surface area contributed by atoms with Gasteiger partial charge in [0.2, 0.25) is 5.91 Å². The van der Waals surface area contributed by atoms with E-state index < -0.39 is 0 Å². The monoisotopic (exact) mass is 429 g/mol. The van der Waals surface area contributed by atoms with E-state index in [1.165, 1.54) is 17.3 Å². The number of hydrogen-bond donors (Lipinski definition) is 1. The topological polar surface area (TPSA) is 72.7 Å². The summed E-state index contributed by atoms with van der Waals surface area (Å²) in [5.41, 5.74) is 4.11. The van der Waals surface area contributed by atoms with Gasteiger partial charge >= 0.3 is 0 Å². The lowest BCUT2D eigenvalue weighted by molar-refractivity contribution is -0.113. The summed E-state index contributed by atoms with van der Waals surface area (Å²) >= 11 is 1.38. The molecule has 1 N–H and O–H groups in total. The lowest BCUT2D eigenvalue weighted by atomic mass is 10.1. The predicted octanol–water partition coefficient (Wildman–Crippen LogP) is 4.68. The highest BCUT2D eigenvalue weighted by molar-refractivity contribution is 7.99. The summed E-state index contributed by atoms with van der Waals surface area (Å²) in [5, 5.41) is 12.4. The van der Waals surface area contributed by atoms with Crippen molar-refractivity contribution in [1.29, 1.82) is 0 Å². The van der Waals surface area contributed by atoms with Crippen molar-refractivity contribution in [3.8, 4) is 11.4 Å². The molecule has 0 unspecified atom stereocenters. The van der Waals surface area contributed by atoms with Gasteiger partial charge in [0.1, 0.15) is 0 Å². The maximum absolute atomic E-state index is 12.5. The summed E-state index contributed by atoms with van der Waals surface area (Å²) in [6, 6.07) is 21.9. The number of thioether (sulfide) groups is 1. The Labute approximate surface area is 185 Å². The second-order valence-corrected chi connectivity index (χ2v) is 7.94. The molecule has 0 aliphatic carbocycles. The Hall–Kier alpha value is -3.45. The summed E-state index contributed by atoms with van der Waals surface area (Å²) < 4.78 is 2.04. The SMILES string of the molecule is CCc1ccc(NC(=O)CSc2nnc(-c3ccncc3)n2Cc2ccccc2)cc1. The molecule has 2 aromatic carbocycles. The van der Waals surface area contributed by atoms with Gasteiger partial charge in [0.25, 0.3) is 0 Å². The molecule has 0 aliphatic heterocycles. The van der Waals surface area contributed by atoms with E-state index >= 15 is 0 Å². The molecule has 0 saturated carbocycles. The molecule has 0 spiro atoms. The number of hydrogen-bond acceptors (Lipinski definition) is 5. The molecule has 156 valence electrons. The Bertz CT molecular complexity index is 1130. The maximum Gasteiger partial charge on any atom is 0.234 e. The van der Waals surface area contributed by atoms with Crippen molar-refractivity contribution < 1.29 is 4.79 Å². The third kappa shape index (κ3) is 5.38. The second-order valence-electron chi connectivity index (χ2n) is 7.00. The van der Waals surface area contributed by atoms with Crippen LogP contribution in [0.3, 0.4) is 0 Å². The Morgan fingerprint density at radius 3 is 2.39 bits per heavy atom. The zero-order valence-electron chi connectivity index (χ0n) is 17.2. The molecule has 0 fully saturated rings. The third-order valence-electron chi connectivity index (χ3n) is 4.82. The molecular formula is C24H23N5OS. The molecule has 6 nitrogen and oxygen atoms in total. The highest BCUT2D eigenvalue weighted by Crippen LogP contribution is 2.25. The number of aromatic nitrogens is 4. The van der Waals surface area contributed by atoms with Crippen LogP contribution in [0.1, 0.15) is 18.1 Å². The van der Waals surface area contributed by atoms with E-state index in [1.807, 2.05) is 59.2 Å². The van der Waals surface area contributed by atoms with Crippen LogP contribution in [0.25, 0.3) is 11.4 Å². The van der Waals surface area contributed by atoms with Gasteiger partial charge in [-0.15, -0.1) is 10.2 Å².